The van der Waals surface area contributed by atoms with Gasteiger partial charge in [0.2, 0.25) is 0 Å². The van der Waals surface area contributed by atoms with Crippen molar-refractivity contribution < 1.29 is 15.0 Å². The first-order valence-corrected chi connectivity index (χ1v) is 4.39. The molecule has 14 heavy (non-hydrogen) atoms. The zero-order valence-corrected chi connectivity index (χ0v) is 7.97. The highest BCUT2D eigenvalue weighted by molar-refractivity contribution is 5.73. The Morgan fingerprint density at radius 3 is 2.71 bits per heavy atom. The Kier molecular flexibility index (Phi) is 3.34. The number of rotatable bonds is 4. The summed E-state index contributed by atoms with van der Waals surface area (Å²) in [6.07, 6.45) is 0. The Balaban J connectivity index is 2.83. The zero-order chi connectivity index (χ0) is 10.6. The number of phenolic OH excluding ortho intramolecular Hbond substituents is 1. The number of anilines is 1. The van der Waals surface area contributed by atoms with E-state index in [1.165, 1.54) is 0 Å². The second-order valence-electron chi connectivity index (χ2n) is 2.93. The largest absolute Gasteiger partial charge is 0.508 e. The SMILES string of the molecule is CCN(CC(=O)O)c1cccc(O)c1. The van der Waals surface area contributed by atoms with E-state index in [0.29, 0.717) is 6.54 Å². The van der Waals surface area contributed by atoms with Gasteiger partial charge >= 0.3 is 5.97 Å². The first-order chi connectivity index (χ1) is 6.63. The van der Waals surface area contributed by atoms with Gasteiger partial charge in [0.1, 0.15) is 12.3 Å². The molecule has 0 fully saturated rings. The van der Waals surface area contributed by atoms with Gasteiger partial charge in [-0.2, -0.15) is 0 Å². The number of aliphatic carboxylic acids is 1. The van der Waals surface area contributed by atoms with Crippen molar-refractivity contribution >= 4 is 11.7 Å². The van der Waals surface area contributed by atoms with Gasteiger partial charge in [0.05, 0.1) is 0 Å². The fourth-order valence-electron chi connectivity index (χ4n) is 1.24. The quantitative estimate of drug-likeness (QED) is 0.760. The van der Waals surface area contributed by atoms with Crippen LogP contribution in [0.15, 0.2) is 24.3 Å². The summed E-state index contributed by atoms with van der Waals surface area (Å²) in [6.45, 7) is 2.41. The maximum atomic E-state index is 10.5. The molecule has 0 radical (unpaired) electrons. The van der Waals surface area contributed by atoms with Gasteiger partial charge in [0.15, 0.2) is 0 Å². The Morgan fingerprint density at radius 1 is 1.50 bits per heavy atom. The normalized spacial score (nSPS) is 9.79. The predicted molar refractivity (Wildman–Crippen MR) is 53.6 cm³/mol. The molecule has 0 saturated heterocycles. The van der Waals surface area contributed by atoms with E-state index in [4.69, 9.17) is 5.11 Å². The molecule has 0 saturated carbocycles. The molecule has 0 aliphatic rings. The van der Waals surface area contributed by atoms with E-state index in [1.807, 2.05) is 6.92 Å². The number of phenols is 1. The van der Waals surface area contributed by atoms with Crippen LogP contribution in [0.4, 0.5) is 5.69 Å². The summed E-state index contributed by atoms with van der Waals surface area (Å²) in [5.74, 6) is -0.735. The van der Waals surface area contributed by atoms with Gasteiger partial charge in [0, 0.05) is 18.3 Å². The first-order valence-electron chi connectivity index (χ1n) is 4.39. The molecule has 0 aromatic heterocycles. The Labute approximate surface area is 82.4 Å². The van der Waals surface area contributed by atoms with Crippen LogP contribution in [-0.4, -0.2) is 29.3 Å². The number of hydrogen-bond acceptors (Lipinski definition) is 3. The van der Waals surface area contributed by atoms with Crippen molar-refractivity contribution in [2.75, 3.05) is 18.0 Å². The third kappa shape index (κ3) is 2.65. The average Bonchev–Trinajstić information content (AvgIpc) is 2.14. The molecule has 76 valence electrons. The Morgan fingerprint density at radius 2 is 2.21 bits per heavy atom. The summed E-state index contributed by atoms with van der Waals surface area (Å²) in [7, 11) is 0. The number of carboxylic acids is 1. The van der Waals surface area contributed by atoms with E-state index in [-0.39, 0.29) is 12.3 Å². The number of carboxylic acid groups (broad SMARTS) is 1. The van der Waals surface area contributed by atoms with Gasteiger partial charge in [-0.1, -0.05) is 6.07 Å². The van der Waals surface area contributed by atoms with Crippen molar-refractivity contribution in [3.8, 4) is 5.75 Å². The minimum atomic E-state index is -0.879. The lowest BCUT2D eigenvalue weighted by molar-refractivity contribution is -0.135. The van der Waals surface area contributed by atoms with Crippen LogP contribution in [-0.2, 0) is 4.79 Å². The summed E-state index contributed by atoms with van der Waals surface area (Å²) in [4.78, 5) is 12.2. The molecule has 0 spiro atoms. The molecule has 1 aromatic rings. The smallest absolute Gasteiger partial charge is 0.323 e. The highest BCUT2D eigenvalue weighted by atomic mass is 16.4. The van der Waals surface area contributed by atoms with Crippen LogP contribution in [0, 0.1) is 0 Å². The van der Waals surface area contributed by atoms with E-state index < -0.39 is 5.97 Å². The van der Waals surface area contributed by atoms with Crippen LogP contribution < -0.4 is 4.90 Å². The molecule has 0 atom stereocenters. The number of carbonyl (C=O) groups is 1. The van der Waals surface area contributed by atoms with Crippen LogP contribution in [0.5, 0.6) is 5.75 Å². The topological polar surface area (TPSA) is 60.8 Å². The number of nitrogens with zero attached hydrogens (tertiary/aromatic N) is 1. The van der Waals surface area contributed by atoms with Crippen molar-refractivity contribution in [3.63, 3.8) is 0 Å². The Bertz CT molecular complexity index is 325. The first kappa shape index (κ1) is 10.4. The molecule has 0 amide bonds. The summed E-state index contributed by atoms with van der Waals surface area (Å²) < 4.78 is 0. The van der Waals surface area contributed by atoms with E-state index in [0.717, 1.165) is 5.69 Å². The highest BCUT2D eigenvalue weighted by Crippen LogP contribution is 2.19. The van der Waals surface area contributed by atoms with Crippen molar-refractivity contribution in [2.45, 2.75) is 6.92 Å². The van der Waals surface area contributed by atoms with Crippen LogP contribution >= 0.6 is 0 Å². The van der Waals surface area contributed by atoms with Crippen LogP contribution in [0.1, 0.15) is 6.92 Å². The lowest BCUT2D eigenvalue weighted by Gasteiger charge is -2.20. The minimum Gasteiger partial charge on any atom is -0.508 e. The molecule has 4 heteroatoms. The average molecular weight is 195 g/mol. The van der Waals surface area contributed by atoms with Gasteiger partial charge in [0.25, 0.3) is 0 Å². The number of benzene rings is 1. The molecule has 0 heterocycles. The molecule has 0 bridgehead atoms. The summed E-state index contributed by atoms with van der Waals surface area (Å²) in [5, 5.41) is 17.9. The number of aromatic hydroxyl groups is 1. The molecule has 0 aliphatic carbocycles. The van der Waals surface area contributed by atoms with Gasteiger partial charge in [-0.05, 0) is 19.1 Å². The molecule has 4 nitrogen and oxygen atoms in total. The summed E-state index contributed by atoms with van der Waals surface area (Å²) in [5.41, 5.74) is 0.718. The number of likely N-dealkylation sites (N-methyl/N-ethyl adjacent to an activating group) is 1. The van der Waals surface area contributed by atoms with E-state index >= 15 is 0 Å². The highest BCUT2D eigenvalue weighted by Gasteiger charge is 2.08. The summed E-state index contributed by atoms with van der Waals surface area (Å²) in [6, 6.07) is 6.56. The zero-order valence-electron chi connectivity index (χ0n) is 7.97. The van der Waals surface area contributed by atoms with Gasteiger partial charge < -0.3 is 15.1 Å². The van der Waals surface area contributed by atoms with Crippen LogP contribution in [0.25, 0.3) is 0 Å². The van der Waals surface area contributed by atoms with Gasteiger partial charge in [-0.15, -0.1) is 0 Å². The summed E-state index contributed by atoms with van der Waals surface area (Å²) >= 11 is 0. The minimum absolute atomic E-state index is 0.0556. The molecular weight excluding hydrogens is 182 g/mol. The standard InChI is InChI=1S/C10H13NO3/c1-2-11(7-10(13)14)8-4-3-5-9(12)6-8/h3-6,12H,2,7H2,1H3,(H,13,14). The maximum Gasteiger partial charge on any atom is 0.323 e. The fourth-order valence-corrected chi connectivity index (χ4v) is 1.24. The maximum absolute atomic E-state index is 10.5. The van der Waals surface area contributed by atoms with Crippen molar-refractivity contribution in [2.24, 2.45) is 0 Å². The van der Waals surface area contributed by atoms with Crippen LogP contribution in [0.2, 0.25) is 0 Å². The molecule has 1 aromatic carbocycles. The second kappa shape index (κ2) is 4.50. The van der Waals surface area contributed by atoms with Crippen LogP contribution in [0.3, 0.4) is 0 Å². The molecule has 1 rings (SSSR count). The second-order valence-corrected chi connectivity index (χ2v) is 2.93. The molecule has 0 aliphatic heterocycles. The third-order valence-corrected chi connectivity index (χ3v) is 1.90. The monoisotopic (exact) mass is 195 g/mol. The lowest BCUT2D eigenvalue weighted by atomic mass is 10.2. The van der Waals surface area contributed by atoms with E-state index in [2.05, 4.69) is 0 Å². The predicted octanol–water partition coefficient (Wildman–Crippen LogP) is 1.30. The lowest BCUT2D eigenvalue weighted by Crippen LogP contribution is -2.29. The van der Waals surface area contributed by atoms with E-state index in [1.54, 1.807) is 29.2 Å². The third-order valence-electron chi connectivity index (χ3n) is 1.90. The van der Waals surface area contributed by atoms with Crippen molar-refractivity contribution in [1.29, 1.82) is 0 Å². The van der Waals surface area contributed by atoms with Crippen molar-refractivity contribution in [1.82, 2.24) is 0 Å². The van der Waals surface area contributed by atoms with Gasteiger partial charge in [-0.25, -0.2) is 0 Å². The Hall–Kier alpha value is -1.71. The van der Waals surface area contributed by atoms with Gasteiger partial charge in [-0.3, -0.25) is 4.79 Å². The number of hydrogen-bond donors (Lipinski definition) is 2. The molecule has 0 unspecified atom stereocenters. The molecular formula is C10H13NO3. The van der Waals surface area contributed by atoms with E-state index in [9.17, 15) is 9.90 Å². The fraction of sp³-hybridized carbons (Fsp3) is 0.300. The molecule has 2 N–H and O–H groups in total. The van der Waals surface area contributed by atoms with Crippen molar-refractivity contribution in [3.05, 3.63) is 24.3 Å².